The van der Waals surface area contributed by atoms with Gasteiger partial charge < -0.3 is 10.0 Å². The SMILES string of the molecule is CCC[C@@H]1CCc2nc(NC(=O)N3CCC[C@@H](CO)C3)sc2C1. The largest absolute Gasteiger partial charge is 0.396 e. The van der Waals surface area contributed by atoms with E-state index in [4.69, 9.17) is 0 Å². The van der Waals surface area contributed by atoms with Gasteiger partial charge in [-0.1, -0.05) is 19.8 Å². The van der Waals surface area contributed by atoms with E-state index in [0.717, 1.165) is 43.3 Å². The molecule has 2 aliphatic rings. The summed E-state index contributed by atoms with van der Waals surface area (Å²) < 4.78 is 0. The average Bonchev–Trinajstić information content (AvgIpc) is 2.96. The van der Waals surface area contributed by atoms with Crippen LogP contribution in [0.1, 0.15) is 49.6 Å². The zero-order valence-electron chi connectivity index (χ0n) is 13.9. The van der Waals surface area contributed by atoms with Crippen molar-refractivity contribution in [1.82, 2.24) is 9.88 Å². The van der Waals surface area contributed by atoms with Crippen LogP contribution < -0.4 is 5.32 Å². The van der Waals surface area contributed by atoms with Gasteiger partial charge in [0.25, 0.3) is 0 Å². The number of rotatable bonds is 4. The van der Waals surface area contributed by atoms with Crippen molar-refractivity contribution in [2.75, 3.05) is 25.0 Å². The summed E-state index contributed by atoms with van der Waals surface area (Å²) in [5.74, 6) is 0.998. The molecule has 0 unspecified atom stereocenters. The Balaban J connectivity index is 1.59. The van der Waals surface area contributed by atoms with Crippen LogP contribution in [0.2, 0.25) is 0 Å². The molecular weight excluding hydrogens is 310 g/mol. The van der Waals surface area contributed by atoms with Gasteiger partial charge in [0.15, 0.2) is 5.13 Å². The van der Waals surface area contributed by atoms with Crippen LogP contribution >= 0.6 is 11.3 Å². The van der Waals surface area contributed by atoms with Crippen molar-refractivity contribution in [2.24, 2.45) is 11.8 Å². The zero-order chi connectivity index (χ0) is 16.2. The van der Waals surface area contributed by atoms with Crippen molar-refractivity contribution in [3.63, 3.8) is 0 Å². The highest BCUT2D eigenvalue weighted by Crippen LogP contribution is 2.34. The van der Waals surface area contributed by atoms with Crippen LogP contribution in [0.25, 0.3) is 0 Å². The number of aryl methyl sites for hydroxylation is 1. The molecule has 128 valence electrons. The number of urea groups is 1. The smallest absolute Gasteiger partial charge is 0.323 e. The van der Waals surface area contributed by atoms with E-state index < -0.39 is 0 Å². The Hall–Kier alpha value is -1.14. The summed E-state index contributed by atoms with van der Waals surface area (Å²) in [7, 11) is 0. The first-order valence-corrected chi connectivity index (χ1v) is 9.66. The van der Waals surface area contributed by atoms with Crippen LogP contribution in [-0.4, -0.2) is 40.7 Å². The molecule has 2 atom stereocenters. The van der Waals surface area contributed by atoms with E-state index >= 15 is 0 Å². The Morgan fingerprint density at radius 2 is 2.30 bits per heavy atom. The molecule has 1 saturated heterocycles. The Morgan fingerprint density at radius 1 is 1.43 bits per heavy atom. The molecule has 3 rings (SSSR count). The van der Waals surface area contributed by atoms with Gasteiger partial charge in [-0.2, -0.15) is 0 Å². The number of likely N-dealkylation sites (tertiary alicyclic amines) is 1. The number of aliphatic hydroxyl groups is 1. The number of carbonyl (C=O) groups is 1. The van der Waals surface area contributed by atoms with Crippen LogP contribution in [-0.2, 0) is 12.8 Å². The van der Waals surface area contributed by atoms with E-state index in [9.17, 15) is 9.90 Å². The highest BCUT2D eigenvalue weighted by molar-refractivity contribution is 7.15. The summed E-state index contributed by atoms with van der Waals surface area (Å²) in [5, 5.41) is 13.0. The summed E-state index contributed by atoms with van der Waals surface area (Å²) in [6, 6.07) is -0.0700. The zero-order valence-corrected chi connectivity index (χ0v) is 14.7. The summed E-state index contributed by atoms with van der Waals surface area (Å²) in [6.07, 6.45) is 7.88. The molecule has 0 radical (unpaired) electrons. The maximum Gasteiger partial charge on any atom is 0.323 e. The molecule has 1 aliphatic carbocycles. The second-order valence-corrected chi connectivity index (χ2v) is 7.94. The van der Waals surface area contributed by atoms with Gasteiger partial charge in [-0.3, -0.25) is 5.32 Å². The fourth-order valence-electron chi connectivity index (χ4n) is 3.72. The van der Waals surface area contributed by atoms with Gasteiger partial charge in [0.2, 0.25) is 0 Å². The third-order valence-corrected chi connectivity index (χ3v) is 6.05. The summed E-state index contributed by atoms with van der Waals surface area (Å²) in [5.41, 5.74) is 1.18. The van der Waals surface area contributed by atoms with Crippen molar-refractivity contribution in [1.29, 1.82) is 0 Å². The van der Waals surface area contributed by atoms with Gasteiger partial charge in [-0.25, -0.2) is 9.78 Å². The summed E-state index contributed by atoms with van der Waals surface area (Å²) in [6.45, 7) is 3.82. The first kappa shape index (κ1) is 16.7. The van der Waals surface area contributed by atoms with Crippen LogP contribution in [0.4, 0.5) is 9.93 Å². The Bertz CT molecular complexity index is 546. The van der Waals surface area contributed by atoms with Crippen LogP contribution in [0.3, 0.4) is 0 Å². The topological polar surface area (TPSA) is 65.5 Å². The lowest BCUT2D eigenvalue weighted by Crippen LogP contribution is -2.43. The predicted molar refractivity (Wildman–Crippen MR) is 92.9 cm³/mol. The lowest BCUT2D eigenvalue weighted by Gasteiger charge is -2.31. The van der Waals surface area contributed by atoms with E-state index in [1.54, 1.807) is 11.3 Å². The minimum Gasteiger partial charge on any atom is -0.396 e. The van der Waals surface area contributed by atoms with Gasteiger partial charge in [-0.05, 0) is 43.9 Å². The first-order chi connectivity index (χ1) is 11.2. The highest BCUT2D eigenvalue weighted by atomic mass is 32.1. The molecule has 0 bridgehead atoms. The molecule has 0 aromatic carbocycles. The lowest BCUT2D eigenvalue weighted by molar-refractivity contribution is 0.136. The lowest BCUT2D eigenvalue weighted by atomic mass is 9.88. The van der Waals surface area contributed by atoms with E-state index in [-0.39, 0.29) is 18.6 Å². The number of anilines is 1. The summed E-state index contributed by atoms with van der Waals surface area (Å²) in [4.78, 5) is 20.2. The second-order valence-electron chi connectivity index (χ2n) is 6.85. The van der Waals surface area contributed by atoms with Crippen molar-refractivity contribution in [3.8, 4) is 0 Å². The molecule has 0 spiro atoms. The number of aliphatic hydroxyl groups excluding tert-OH is 1. The van der Waals surface area contributed by atoms with Crippen LogP contribution in [0.15, 0.2) is 0 Å². The van der Waals surface area contributed by atoms with Crippen molar-refractivity contribution < 1.29 is 9.90 Å². The molecule has 2 heterocycles. The quantitative estimate of drug-likeness (QED) is 0.886. The molecular formula is C17H27N3O2S. The number of carbonyl (C=O) groups excluding carboxylic acids is 1. The number of aromatic nitrogens is 1. The third kappa shape index (κ3) is 4.04. The third-order valence-electron chi connectivity index (χ3n) is 5.02. The number of fused-ring (bicyclic) bond motifs is 1. The maximum absolute atomic E-state index is 12.4. The fraction of sp³-hybridized carbons (Fsp3) is 0.765. The molecule has 1 aromatic rings. The van der Waals surface area contributed by atoms with Gasteiger partial charge in [0.1, 0.15) is 0 Å². The molecule has 1 aromatic heterocycles. The normalized spacial score (nSPS) is 24.3. The van der Waals surface area contributed by atoms with Crippen molar-refractivity contribution in [3.05, 3.63) is 10.6 Å². The van der Waals surface area contributed by atoms with Crippen molar-refractivity contribution in [2.45, 2.75) is 51.9 Å². The van der Waals surface area contributed by atoms with E-state index in [2.05, 4.69) is 17.2 Å². The maximum atomic E-state index is 12.4. The number of nitrogens with one attached hydrogen (secondary N) is 1. The number of piperidine rings is 1. The van der Waals surface area contributed by atoms with Crippen molar-refractivity contribution >= 4 is 22.5 Å². The molecule has 2 amide bonds. The minimum absolute atomic E-state index is 0.0700. The standard InChI is InChI=1S/C17H27N3O2S/c1-2-4-12-6-7-14-15(9-12)23-16(18-14)19-17(22)20-8-3-5-13(10-20)11-21/h12-13,21H,2-11H2,1H3,(H,18,19,22)/t12-,13-/m1/s1. The van der Waals surface area contributed by atoms with E-state index in [1.807, 2.05) is 4.90 Å². The Kier molecular flexibility index (Phi) is 5.54. The number of thiazole rings is 1. The van der Waals surface area contributed by atoms with Crippen LogP contribution in [0.5, 0.6) is 0 Å². The minimum atomic E-state index is -0.0700. The number of nitrogens with zero attached hydrogens (tertiary/aromatic N) is 2. The van der Waals surface area contributed by atoms with E-state index in [0.29, 0.717) is 6.54 Å². The van der Waals surface area contributed by atoms with Gasteiger partial charge in [-0.15, -0.1) is 11.3 Å². The summed E-state index contributed by atoms with van der Waals surface area (Å²) >= 11 is 1.64. The average molecular weight is 337 g/mol. The monoisotopic (exact) mass is 337 g/mol. The van der Waals surface area contributed by atoms with Gasteiger partial charge >= 0.3 is 6.03 Å². The molecule has 1 fully saturated rings. The van der Waals surface area contributed by atoms with E-state index in [1.165, 1.54) is 29.8 Å². The molecule has 23 heavy (non-hydrogen) atoms. The number of hydrogen-bond acceptors (Lipinski definition) is 4. The number of hydrogen-bond donors (Lipinski definition) is 2. The van der Waals surface area contributed by atoms with Gasteiger partial charge in [0, 0.05) is 24.6 Å². The molecule has 0 saturated carbocycles. The Morgan fingerprint density at radius 3 is 3.09 bits per heavy atom. The fourth-order valence-corrected chi connectivity index (χ4v) is 4.83. The Labute approximate surface area is 142 Å². The predicted octanol–water partition coefficient (Wildman–Crippen LogP) is 3.28. The first-order valence-electron chi connectivity index (χ1n) is 8.85. The molecule has 1 aliphatic heterocycles. The molecule has 6 heteroatoms. The molecule has 2 N–H and O–H groups in total. The number of amides is 2. The highest BCUT2D eigenvalue weighted by Gasteiger charge is 2.26. The second kappa shape index (κ2) is 7.62. The van der Waals surface area contributed by atoms with Crippen LogP contribution in [0, 0.1) is 11.8 Å². The molecule has 5 nitrogen and oxygen atoms in total. The van der Waals surface area contributed by atoms with Gasteiger partial charge in [0.05, 0.1) is 5.69 Å².